The molecule has 0 radical (unpaired) electrons. The molecule has 174 valence electrons. The molecule has 7 nitrogen and oxygen atoms in total. The van der Waals surface area contributed by atoms with Gasteiger partial charge in [-0.15, -0.1) is 11.3 Å². The Kier molecular flexibility index (Phi) is 6.34. The van der Waals surface area contributed by atoms with Crippen molar-refractivity contribution in [1.29, 1.82) is 0 Å². The molecule has 1 atom stereocenters. The van der Waals surface area contributed by atoms with Crippen LogP contribution in [0.15, 0.2) is 59.9 Å². The summed E-state index contributed by atoms with van der Waals surface area (Å²) in [5.74, 6) is -2.00. The van der Waals surface area contributed by atoms with Crippen molar-refractivity contribution >= 4 is 34.7 Å². The molecule has 0 spiro atoms. The summed E-state index contributed by atoms with van der Waals surface area (Å²) in [6.07, 6.45) is 0.100. The summed E-state index contributed by atoms with van der Waals surface area (Å²) in [7, 11) is 1.33. The largest absolute Gasteiger partial charge is 0.503 e. The number of aromatic nitrogens is 1. The average Bonchev–Trinajstić information content (AvgIpc) is 3.29. The minimum atomic E-state index is -0.811. The van der Waals surface area contributed by atoms with Gasteiger partial charge in [0.2, 0.25) is 5.78 Å². The number of aliphatic hydroxyl groups excluding tert-OH is 1. The highest BCUT2D eigenvalue weighted by Crippen LogP contribution is 2.43. The van der Waals surface area contributed by atoms with E-state index in [2.05, 4.69) is 4.98 Å². The summed E-state index contributed by atoms with van der Waals surface area (Å²) >= 11 is 1.24. The van der Waals surface area contributed by atoms with Crippen LogP contribution in [0, 0.1) is 20.8 Å². The zero-order valence-corrected chi connectivity index (χ0v) is 20.1. The van der Waals surface area contributed by atoms with E-state index in [0.29, 0.717) is 16.3 Å². The van der Waals surface area contributed by atoms with Gasteiger partial charge < -0.3 is 9.84 Å². The van der Waals surface area contributed by atoms with E-state index in [1.165, 1.54) is 23.3 Å². The quantitative estimate of drug-likeness (QED) is 0.414. The summed E-state index contributed by atoms with van der Waals surface area (Å²) in [5, 5.41) is 11.7. The standard InChI is InChI=1S/C26H24N2O5S/c1-14-7-5-6-8-19(14)22-21(23(30)25-15(2)27-16(3)34-25)24(31)26(32)28(22)18-11-9-17(10-12-18)13-20(29)33-4/h5-12,22,31H,13H2,1-4H3. The molecule has 0 aliphatic carbocycles. The fourth-order valence-corrected chi connectivity index (χ4v) is 5.04. The lowest BCUT2D eigenvalue weighted by Crippen LogP contribution is -2.31. The first-order valence-electron chi connectivity index (χ1n) is 10.7. The molecule has 2 aromatic carbocycles. The highest BCUT2D eigenvalue weighted by molar-refractivity contribution is 7.14. The van der Waals surface area contributed by atoms with Crippen LogP contribution in [-0.2, 0) is 20.7 Å². The van der Waals surface area contributed by atoms with Crippen LogP contribution in [-0.4, -0.2) is 34.9 Å². The Morgan fingerprint density at radius 1 is 1.09 bits per heavy atom. The van der Waals surface area contributed by atoms with Crippen molar-refractivity contribution in [1.82, 2.24) is 4.98 Å². The number of esters is 1. The Morgan fingerprint density at radius 2 is 1.76 bits per heavy atom. The maximum atomic E-state index is 13.6. The molecule has 1 unspecified atom stereocenters. The Balaban J connectivity index is 1.82. The Morgan fingerprint density at radius 3 is 2.35 bits per heavy atom. The van der Waals surface area contributed by atoms with Crippen LogP contribution in [0.25, 0.3) is 0 Å². The lowest BCUT2D eigenvalue weighted by atomic mass is 9.92. The number of methoxy groups -OCH3 is 1. The number of carbonyl (C=O) groups is 3. The number of rotatable bonds is 6. The Labute approximate surface area is 201 Å². The van der Waals surface area contributed by atoms with E-state index in [4.69, 9.17) is 4.74 Å². The van der Waals surface area contributed by atoms with Crippen molar-refractivity contribution in [3.63, 3.8) is 0 Å². The number of anilines is 1. The summed E-state index contributed by atoms with van der Waals surface area (Å²) in [5.41, 5.74) is 3.43. The highest BCUT2D eigenvalue weighted by atomic mass is 32.1. The molecule has 2 heterocycles. The highest BCUT2D eigenvalue weighted by Gasteiger charge is 2.45. The third kappa shape index (κ3) is 4.12. The lowest BCUT2D eigenvalue weighted by molar-refractivity contribution is -0.139. The fraction of sp³-hybridized carbons (Fsp3) is 0.231. The van der Waals surface area contributed by atoms with E-state index in [0.717, 1.165) is 21.7 Å². The second-order valence-corrected chi connectivity index (χ2v) is 9.30. The first kappa shape index (κ1) is 23.4. The van der Waals surface area contributed by atoms with Crippen molar-refractivity contribution in [3.8, 4) is 0 Å². The van der Waals surface area contributed by atoms with Crippen LogP contribution in [0.4, 0.5) is 5.69 Å². The number of aryl methyl sites for hydroxylation is 3. The van der Waals surface area contributed by atoms with Gasteiger partial charge in [-0.3, -0.25) is 19.3 Å². The SMILES string of the molecule is COC(=O)Cc1ccc(N2C(=O)C(O)=C(C(=O)c3sc(C)nc3C)C2c2ccccc2C)cc1. The number of Topliss-reactive ketones (excluding diaryl/α,β-unsaturated/α-hetero) is 1. The number of carbonyl (C=O) groups excluding carboxylic acids is 3. The van der Waals surface area contributed by atoms with E-state index in [1.54, 1.807) is 31.2 Å². The van der Waals surface area contributed by atoms with E-state index in [1.807, 2.05) is 38.1 Å². The van der Waals surface area contributed by atoms with E-state index in [-0.39, 0.29) is 18.0 Å². The maximum Gasteiger partial charge on any atom is 0.309 e. The normalized spacial score (nSPS) is 15.7. The predicted octanol–water partition coefficient (Wildman–Crippen LogP) is 4.57. The fourth-order valence-electron chi connectivity index (χ4n) is 4.17. The minimum Gasteiger partial charge on any atom is -0.503 e. The Bertz CT molecular complexity index is 1320. The van der Waals surface area contributed by atoms with Gasteiger partial charge in [-0.25, -0.2) is 4.98 Å². The topological polar surface area (TPSA) is 96.8 Å². The molecule has 1 aliphatic heterocycles. The average molecular weight is 477 g/mol. The molecule has 1 aromatic heterocycles. The molecule has 1 aliphatic rings. The van der Waals surface area contributed by atoms with Crippen LogP contribution in [0.1, 0.15) is 43.1 Å². The van der Waals surface area contributed by atoms with Gasteiger partial charge in [0.25, 0.3) is 5.91 Å². The summed E-state index contributed by atoms with van der Waals surface area (Å²) < 4.78 is 4.71. The number of hydrogen-bond acceptors (Lipinski definition) is 7. The van der Waals surface area contributed by atoms with Gasteiger partial charge >= 0.3 is 5.97 Å². The number of aliphatic hydroxyl groups is 1. The molecule has 34 heavy (non-hydrogen) atoms. The van der Waals surface area contributed by atoms with Crippen molar-refractivity contribution in [2.24, 2.45) is 0 Å². The second-order valence-electron chi connectivity index (χ2n) is 8.09. The maximum absolute atomic E-state index is 13.6. The third-order valence-electron chi connectivity index (χ3n) is 5.84. The lowest BCUT2D eigenvalue weighted by Gasteiger charge is -2.28. The molecule has 8 heteroatoms. The van der Waals surface area contributed by atoms with Gasteiger partial charge in [0.05, 0.1) is 40.7 Å². The molecule has 1 amide bonds. The number of amides is 1. The zero-order chi connectivity index (χ0) is 24.6. The first-order valence-corrected chi connectivity index (χ1v) is 11.5. The number of benzene rings is 2. The molecule has 4 rings (SSSR count). The van der Waals surface area contributed by atoms with Gasteiger partial charge in [0.15, 0.2) is 5.76 Å². The van der Waals surface area contributed by atoms with Crippen LogP contribution in [0.5, 0.6) is 0 Å². The van der Waals surface area contributed by atoms with Gasteiger partial charge in [0.1, 0.15) is 0 Å². The smallest absolute Gasteiger partial charge is 0.309 e. The molecule has 0 saturated carbocycles. The molecule has 0 bridgehead atoms. The number of ether oxygens (including phenoxy) is 1. The van der Waals surface area contributed by atoms with Gasteiger partial charge in [0, 0.05) is 5.69 Å². The monoisotopic (exact) mass is 476 g/mol. The summed E-state index contributed by atoms with van der Waals surface area (Å²) in [6.45, 7) is 5.45. The van der Waals surface area contributed by atoms with Gasteiger partial charge in [-0.1, -0.05) is 36.4 Å². The van der Waals surface area contributed by atoms with Crippen molar-refractivity contribution in [3.05, 3.63) is 92.1 Å². The van der Waals surface area contributed by atoms with E-state index >= 15 is 0 Å². The minimum absolute atomic E-state index is 0.0321. The molecule has 0 saturated heterocycles. The Hall–Kier alpha value is -3.78. The van der Waals surface area contributed by atoms with Crippen molar-refractivity contribution < 1.29 is 24.2 Å². The van der Waals surface area contributed by atoms with Gasteiger partial charge in [-0.05, 0) is 49.6 Å². The number of hydrogen-bond donors (Lipinski definition) is 1. The first-order chi connectivity index (χ1) is 16.2. The predicted molar refractivity (Wildman–Crippen MR) is 129 cm³/mol. The van der Waals surface area contributed by atoms with Crippen LogP contribution in [0.3, 0.4) is 0 Å². The number of ketones is 1. The van der Waals surface area contributed by atoms with E-state index < -0.39 is 23.5 Å². The van der Waals surface area contributed by atoms with E-state index in [9.17, 15) is 19.5 Å². The van der Waals surface area contributed by atoms with Crippen LogP contribution >= 0.6 is 11.3 Å². The van der Waals surface area contributed by atoms with Crippen molar-refractivity contribution in [2.75, 3.05) is 12.0 Å². The van der Waals surface area contributed by atoms with Crippen molar-refractivity contribution in [2.45, 2.75) is 33.2 Å². The molecular weight excluding hydrogens is 452 g/mol. The van der Waals surface area contributed by atoms with Crippen LogP contribution in [0.2, 0.25) is 0 Å². The second kappa shape index (κ2) is 9.23. The van der Waals surface area contributed by atoms with Crippen LogP contribution < -0.4 is 4.90 Å². The number of nitrogens with zero attached hydrogens (tertiary/aromatic N) is 2. The molecule has 3 aromatic rings. The molecular formula is C26H24N2O5S. The summed E-state index contributed by atoms with van der Waals surface area (Å²) in [6, 6.07) is 13.5. The summed E-state index contributed by atoms with van der Waals surface area (Å²) in [4.78, 5) is 44.7. The van der Waals surface area contributed by atoms with Gasteiger partial charge in [-0.2, -0.15) is 0 Å². The molecule has 1 N–H and O–H groups in total. The number of thiazole rings is 1. The zero-order valence-electron chi connectivity index (χ0n) is 19.3. The third-order valence-corrected chi connectivity index (χ3v) is 6.91. The molecule has 0 fully saturated rings.